The maximum atomic E-state index is 14.2. The van der Waals surface area contributed by atoms with Gasteiger partial charge >= 0.3 is 18.1 Å². The molecule has 0 radical (unpaired) electrons. The molecule has 4 aromatic rings. The summed E-state index contributed by atoms with van der Waals surface area (Å²) in [6.45, 7) is -0.636. The number of benzene rings is 2. The van der Waals surface area contributed by atoms with E-state index in [2.05, 4.69) is 15.5 Å². The summed E-state index contributed by atoms with van der Waals surface area (Å²) in [6.07, 6.45) is -3.68. The van der Waals surface area contributed by atoms with Crippen molar-refractivity contribution in [3.05, 3.63) is 93.6 Å². The molecule has 17 heteroatoms. The highest BCUT2D eigenvalue weighted by Gasteiger charge is 2.54. The van der Waals surface area contributed by atoms with Gasteiger partial charge in [0.15, 0.2) is 12.4 Å². The van der Waals surface area contributed by atoms with Crippen LogP contribution < -0.4 is 11.1 Å². The molecule has 0 spiro atoms. The largest absolute Gasteiger partial charge is 0.461 e. The second-order valence-electron chi connectivity index (χ2n) is 13.2. The number of nitrogens with two attached hydrogens (primary N) is 1. The van der Waals surface area contributed by atoms with Crippen LogP contribution in [0.4, 0.5) is 29.1 Å². The highest BCUT2D eigenvalue weighted by atomic mass is 35.5. The first-order valence-electron chi connectivity index (χ1n) is 16.4. The zero-order valence-corrected chi connectivity index (χ0v) is 28.6. The van der Waals surface area contributed by atoms with Gasteiger partial charge < -0.3 is 25.6 Å². The van der Waals surface area contributed by atoms with Gasteiger partial charge in [-0.3, -0.25) is 19.1 Å². The Balaban J connectivity index is 1.09. The van der Waals surface area contributed by atoms with Crippen molar-refractivity contribution in [1.29, 1.82) is 0 Å². The number of nitrogen functional groups attached to an aromatic ring is 1. The van der Waals surface area contributed by atoms with Gasteiger partial charge in [0.05, 0.1) is 29.2 Å². The fourth-order valence-electron chi connectivity index (χ4n) is 7.21. The summed E-state index contributed by atoms with van der Waals surface area (Å²) in [6, 6.07) is 12.6. The number of ether oxygens (including phenoxy) is 2. The molecule has 2 aromatic carbocycles. The minimum absolute atomic E-state index is 0.00819. The van der Waals surface area contributed by atoms with Gasteiger partial charge in [-0.2, -0.15) is 23.4 Å². The lowest BCUT2D eigenvalue weighted by Crippen LogP contribution is -2.26. The van der Waals surface area contributed by atoms with E-state index in [1.807, 2.05) is 6.07 Å². The van der Waals surface area contributed by atoms with Gasteiger partial charge in [-0.1, -0.05) is 41.9 Å². The topological polar surface area (TPSA) is 164 Å². The lowest BCUT2D eigenvalue weighted by Gasteiger charge is -2.25. The number of alkyl halides is 3. The van der Waals surface area contributed by atoms with E-state index < -0.39 is 53.4 Å². The van der Waals surface area contributed by atoms with Crippen LogP contribution in [0.15, 0.2) is 54.7 Å². The van der Waals surface area contributed by atoms with Crippen LogP contribution in [-0.2, 0) is 51.2 Å². The molecule has 2 aromatic heterocycles. The minimum Gasteiger partial charge on any atom is -0.461 e. The second kappa shape index (κ2) is 14.6. The van der Waals surface area contributed by atoms with Crippen molar-refractivity contribution in [2.24, 2.45) is 18.9 Å². The number of halogens is 5. The quantitative estimate of drug-likeness (QED) is 0.122. The molecule has 2 fully saturated rings. The fraction of sp³-hybridized carbons (Fsp3) is 0.400. The van der Waals surface area contributed by atoms with E-state index in [0.29, 0.717) is 18.5 Å². The molecule has 0 aliphatic heterocycles. The summed E-state index contributed by atoms with van der Waals surface area (Å²) in [4.78, 5) is 37.7. The maximum Gasteiger partial charge on any atom is 0.435 e. The summed E-state index contributed by atoms with van der Waals surface area (Å²) in [5, 5.41) is 22.3. The number of nitrogens with one attached hydrogen (secondary N) is 1. The lowest BCUT2D eigenvalue weighted by molar-refractivity contribution is -0.153. The van der Waals surface area contributed by atoms with Gasteiger partial charge in [-0.15, -0.1) is 0 Å². The maximum absolute atomic E-state index is 14.2. The number of nitrogens with zero attached hydrogens (tertiary/aromatic N) is 4. The Kier molecular flexibility index (Phi) is 10.3. The molecule has 2 saturated carbocycles. The smallest absolute Gasteiger partial charge is 0.435 e. The molecule has 2 atom stereocenters. The van der Waals surface area contributed by atoms with Crippen LogP contribution in [0.3, 0.4) is 0 Å². The number of rotatable bonds is 11. The number of hydrogen-bond donors (Lipinski definition) is 3. The number of hydrogen-bond acceptors (Lipinski definition) is 9. The van der Waals surface area contributed by atoms with Crippen LogP contribution in [0, 0.1) is 17.7 Å². The van der Waals surface area contributed by atoms with Crippen LogP contribution in [-0.4, -0.2) is 42.5 Å². The van der Waals surface area contributed by atoms with Crippen molar-refractivity contribution in [1.82, 2.24) is 19.6 Å². The van der Waals surface area contributed by atoms with Gasteiger partial charge in [0.1, 0.15) is 23.8 Å². The second-order valence-corrected chi connectivity index (χ2v) is 13.6. The molecule has 12 nitrogen and oxygen atoms in total. The van der Waals surface area contributed by atoms with E-state index in [1.165, 1.54) is 16.8 Å². The summed E-state index contributed by atoms with van der Waals surface area (Å²) >= 11 is 5.86. The zero-order chi connectivity index (χ0) is 37.4. The molecule has 0 bridgehead atoms. The Morgan fingerprint density at radius 1 is 1.04 bits per heavy atom. The predicted molar refractivity (Wildman–Crippen MR) is 178 cm³/mol. The summed E-state index contributed by atoms with van der Waals surface area (Å²) in [5.41, 5.74) is 4.19. The van der Waals surface area contributed by atoms with Gasteiger partial charge in [0.2, 0.25) is 0 Å². The van der Waals surface area contributed by atoms with Crippen molar-refractivity contribution in [3.63, 3.8) is 0 Å². The first-order valence-corrected chi connectivity index (χ1v) is 16.8. The average Bonchev–Trinajstić information content (AvgIpc) is 3.85. The van der Waals surface area contributed by atoms with E-state index >= 15 is 0 Å². The van der Waals surface area contributed by atoms with Crippen molar-refractivity contribution in [2.75, 3.05) is 11.1 Å². The molecule has 276 valence electrons. The van der Waals surface area contributed by atoms with Gasteiger partial charge in [-0.05, 0) is 61.3 Å². The fourth-order valence-corrected chi connectivity index (χ4v) is 7.39. The number of amides is 1. The number of carbonyl (C=O) groups is 3. The highest BCUT2D eigenvalue weighted by molar-refractivity contribution is 6.31. The van der Waals surface area contributed by atoms with E-state index in [1.54, 1.807) is 31.3 Å². The van der Waals surface area contributed by atoms with E-state index in [-0.39, 0.29) is 72.1 Å². The number of carbonyl (C=O) groups excluding carboxylic acids is 3. The normalized spacial score (nSPS) is 21.2. The zero-order valence-electron chi connectivity index (χ0n) is 27.8. The molecule has 4 N–H and O–H groups in total. The summed E-state index contributed by atoms with van der Waals surface area (Å²) in [5.74, 6) is -3.32. The summed E-state index contributed by atoms with van der Waals surface area (Å²) in [7, 11) is 1.58. The Morgan fingerprint density at radius 3 is 2.33 bits per heavy atom. The minimum atomic E-state index is -4.91. The molecule has 52 heavy (non-hydrogen) atoms. The number of fused-ring (bicyclic) bond motifs is 1. The van der Waals surface area contributed by atoms with Crippen LogP contribution >= 0.6 is 11.6 Å². The number of aromatic nitrogens is 4. The van der Waals surface area contributed by atoms with Crippen LogP contribution in [0.2, 0.25) is 5.02 Å². The third-order valence-electron chi connectivity index (χ3n) is 9.62. The van der Waals surface area contributed by atoms with E-state index in [9.17, 15) is 37.1 Å². The van der Waals surface area contributed by atoms with Crippen LogP contribution in [0.5, 0.6) is 0 Å². The number of aryl methyl sites for hydroxylation is 1. The molecule has 2 heterocycles. The van der Waals surface area contributed by atoms with Crippen LogP contribution in [0.1, 0.15) is 77.3 Å². The Hall–Kier alpha value is -4.96. The molecule has 1 amide bonds. The SMILES string of the molecule is Cn1nc(C2CC3CC(O)(c4cn(COC(=O)CCC(=O)OCc5ccccc5)nc4C(F)(F)F)CC3C2)c(C(=O)Nc2ccc(F)c(Cl)c2)c1N. The van der Waals surface area contributed by atoms with Crippen molar-refractivity contribution in [2.45, 2.75) is 69.6 Å². The predicted octanol–water partition coefficient (Wildman–Crippen LogP) is 6.08. The molecular formula is C35H35ClF4N6O6. The average molecular weight is 747 g/mol. The van der Waals surface area contributed by atoms with Crippen molar-refractivity contribution < 1.29 is 46.5 Å². The molecule has 2 unspecified atom stereocenters. The third kappa shape index (κ3) is 7.92. The lowest BCUT2D eigenvalue weighted by atomic mass is 9.87. The van der Waals surface area contributed by atoms with Crippen LogP contribution in [0.25, 0.3) is 0 Å². The standard InChI is InChI=1S/C35H35ClF4N6O6/c1-45-32(41)29(33(49)42-23-7-8-26(37)25(36)13-23)30(43-45)20-11-21-14-34(50,15-22(21)12-20)24-16-46(44-31(24)35(38,39)40)18-52-28(48)10-9-27(47)51-17-19-5-3-2-4-6-19/h2-8,13,16,20-22,50H,9-12,14-15,17-18,41H2,1H3,(H,42,49). The highest BCUT2D eigenvalue weighted by Crippen LogP contribution is 2.58. The Morgan fingerprint density at radius 2 is 1.69 bits per heavy atom. The van der Waals surface area contributed by atoms with Crippen molar-refractivity contribution >= 4 is 41.0 Å². The summed E-state index contributed by atoms with van der Waals surface area (Å²) < 4.78 is 68.6. The Bertz CT molecular complexity index is 1970. The van der Waals surface area contributed by atoms with Gasteiger partial charge in [0, 0.05) is 30.4 Å². The third-order valence-corrected chi connectivity index (χ3v) is 9.91. The number of anilines is 2. The molecule has 2 aliphatic carbocycles. The first-order chi connectivity index (χ1) is 24.6. The number of esters is 2. The van der Waals surface area contributed by atoms with Gasteiger partial charge in [0.25, 0.3) is 5.91 Å². The Labute approximate surface area is 299 Å². The molecular weight excluding hydrogens is 712 g/mol. The van der Waals surface area contributed by atoms with E-state index in [0.717, 1.165) is 22.5 Å². The number of aliphatic hydroxyl groups is 1. The molecule has 2 aliphatic rings. The molecule has 6 rings (SSSR count). The first kappa shape index (κ1) is 36.8. The van der Waals surface area contributed by atoms with Crippen molar-refractivity contribution in [3.8, 4) is 0 Å². The molecule has 0 saturated heterocycles. The van der Waals surface area contributed by atoms with E-state index in [4.69, 9.17) is 26.8 Å². The monoisotopic (exact) mass is 746 g/mol. The van der Waals surface area contributed by atoms with Gasteiger partial charge in [-0.25, -0.2) is 9.07 Å².